The van der Waals surface area contributed by atoms with Crippen molar-refractivity contribution in [2.24, 2.45) is 0 Å². The smallest absolute Gasteiger partial charge is 0.339 e. The fourth-order valence-corrected chi connectivity index (χ4v) is 4.65. The molecule has 0 unspecified atom stereocenters. The van der Waals surface area contributed by atoms with Crippen LogP contribution in [0.2, 0.25) is 10.0 Å². The van der Waals surface area contributed by atoms with Crippen molar-refractivity contribution in [1.29, 1.82) is 5.26 Å². The average molecular weight is 562 g/mol. The van der Waals surface area contributed by atoms with E-state index in [1.54, 1.807) is 25.1 Å². The van der Waals surface area contributed by atoms with Crippen LogP contribution in [0.15, 0.2) is 65.1 Å². The third kappa shape index (κ3) is 6.56. The molecule has 0 saturated carbocycles. The molecule has 190 valence electrons. The summed E-state index contributed by atoms with van der Waals surface area (Å²) in [4.78, 5) is 23.0. The molecule has 0 aliphatic heterocycles. The second kappa shape index (κ2) is 11.3. The third-order valence-electron chi connectivity index (χ3n) is 4.84. The van der Waals surface area contributed by atoms with E-state index in [-0.39, 0.29) is 43.4 Å². The van der Waals surface area contributed by atoms with Gasteiger partial charge in [-0.2, -0.15) is 13.7 Å². The molecule has 0 aromatic heterocycles. The maximum Gasteiger partial charge on any atom is 0.339 e. The number of nitriles is 1. The SMILES string of the molecule is COc1ccc([N+](=O)[O-])cc1NC(=O)/C(C#N)=C/c1cc(Cl)c(OS(=O)(=O)c2ccc(C)cc2)c(Cl)c1. The van der Waals surface area contributed by atoms with E-state index in [9.17, 15) is 28.6 Å². The lowest BCUT2D eigenvalue weighted by Gasteiger charge is -2.12. The minimum absolute atomic E-state index is 0.0241. The second-order valence-electron chi connectivity index (χ2n) is 7.43. The van der Waals surface area contributed by atoms with Gasteiger partial charge in [-0.3, -0.25) is 14.9 Å². The quantitative estimate of drug-likeness (QED) is 0.124. The van der Waals surface area contributed by atoms with Crippen LogP contribution in [-0.2, 0) is 14.9 Å². The summed E-state index contributed by atoms with van der Waals surface area (Å²) in [6.07, 6.45) is 1.15. The van der Waals surface area contributed by atoms with E-state index >= 15 is 0 Å². The monoisotopic (exact) mass is 561 g/mol. The zero-order chi connectivity index (χ0) is 27.3. The Morgan fingerprint density at radius 3 is 2.27 bits per heavy atom. The topological polar surface area (TPSA) is 149 Å². The predicted octanol–water partition coefficient (Wildman–Crippen LogP) is 5.53. The number of methoxy groups -OCH3 is 1. The first-order chi connectivity index (χ1) is 17.4. The normalized spacial score (nSPS) is 11.4. The number of ether oxygens (including phenoxy) is 1. The van der Waals surface area contributed by atoms with Crippen LogP contribution in [-0.4, -0.2) is 26.4 Å². The van der Waals surface area contributed by atoms with Crippen molar-refractivity contribution in [3.8, 4) is 17.6 Å². The minimum atomic E-state index is -4.24. The van der Waals surface area contributed by atoms with E-state index in [0.29, 0.717) is 0 Å². The molecular formula is C24H17Cl2N3O7S. The number of rotatable bonds is 8. The summed E-state index contributed by atoms with van der Waals surface area (Å²) in [5.41, 5.74) is 0.319. The molecule has 0 saturated heterocycles. The highest BCUT2D eigenvalue weighted by atomic mass is 35.5. The van der Waals surface area contributed by atoms with Crippen LogP contribution in [0.3, 0.4) is 0 Å². The van der Waals surface area contributed by atoms with Gasteiger partial charge in [0.2, 0.25) is 0 Å². The number of nitro benzene ring substituents is 1. The van der Waals surface area contributed by atoms with Gasteiger partial charge < -0.3 is 14.2 Å². The molecule has 1 N–H and O–H groups in total. The molecule has 0 fully saturated rings. The van der Waals surface area contributed by atoms with Gasteiger partial charge in [-0.15, -0.1) is 0 Å². The fourth-order valence-electron chi connectivity index (χ4n) is 3.02. The van der Waals surface area contributed by atoms with Gasteiger partial charge in [-0.05, 0) is 48.9 Å². The van der Waals surface area contributed by atoms with E-state index in [1.807, 2.05) is 0 Å². The van der Waals surface area contributed by atoms with E-state index < -0.39 is 26.5 Å². The highest BCUT2D eigenvalue weighted by Crippen LogP contribution is 2.37. The van der Waals surface area contributed by atoms with Gasteiger partial charge in [0.25, 0.3) is 11.6 Å². The molecule has 3 aromatic carbocycles. The van der Waals surface area contributed by atoms with Crippen molar-refractivity contribution < 1.29 is 27.1 Å². The number of amides is 1. The van der Waals surface area contributed by atoms with E-state index in [2.05, 4.69) is 5.32 Å². The molecule has 37 heavy (non-hydrogen) atoms. The molecule has 0 bridgehead atoms. The molecule has 10 nitrogen and oxygen atoms in total. The first-order valence-corrected chi connectivity index (χ1v) is 12.4. The van der Waals surface area contributed by atoms with E-state index in [1.165, 1.54) is 43.5 Å². The molecule has 13 heteroatoms. The molecular weight excluding hydrogens is 545 g/mol. The van der Waals surface area contributed by atoms with Crippen molar-refractivity contribution in [1.82, 2.24) is 0 Å². The Morgan fingerprint density at radius 2 is 1.73 bits per heavy atom. The summed E-state index contributed by atoms with van der Waals surface area (Å²) in [6.45, 7) is 1.80. The number of nitro groups is 1. The van der Waals surface area contributed by atoms with Crippen LogP contribution < -0.4 is 14.2 Å². The van der Waals surface area contributed by atoms with Gasteiger partial charge in [-0.1, -0.05) is 40.9 Å². The zero-order valence-electron chi connectivity index (χ0n) is 19.2. The number of nitrogens with one attached hydrogen (secondary N) is 1. The molecule has 3 rings (SSSR count). The molecule has 0 radical (unpaired) electrons. The van der Waals surface area contributed by atoms with Gasteiger partial charge in [0, 0.05) is 12.1 Å². The van der Waals surface area contributed by atoms with Gasteiger partial charge in [0.05, 0.1) is 27.8 Å². The van der Waals surface area contributed by atoms with Crippen LogP contribution in [0.1, 0.15) is 11.1 Å². The molecule has 0 aliphatic rings. The van der Waals surface area contributed by atoms with Gasteiger partial charge in [-0.25, -0.2) is 0 Å². The lowest BCUT2D eigenvalue weighted by atomic mass is 10.1. The minimum Gasteiger partial charge on any atom is -0.495 e. The lowest BCUT2D eigenvalue weighted by molar-refractivity contribution is -0.384. The number of benzene rings is 3. The van der Waals surface area contributed by atoms with Crippen LogP contribution in [0.5, 0.6) is 11.5 Å². The Kier molecular flexibility index (Phi) is 8.39. The summed E-state index contributed by atoms with van der Waals surface area (Å²) >= 11 is 12.4. The number of non-ortho nitro benzene ring substituents is 1. The Balaban J connectivity index is 1.89. The van der Waals surface area contributed by atoms with Crippen molar-refractivity contribution >= 4 is 56.7 Å². The molecule has 0 atom stereocenters. The summed E-state index contributed by atoms with van der Waals surface area (Å²) in [7, 11) is -2.93. The van der Waals surface area contributed by atoms with Crippen molar-refractivity contribution in [3.05, 3.63) is 91.5 Å². The Labute approximate surface area is 221 Å². The summed E-state index contributed by atoms with van der Waals surface area (Å²) in [6, 6.07) is 13.8. The molecule has 3 aromatic rings. The lowest BCUT2D eigenvalue weighted by Crippen LogP contribution is -2.14. The number of halogens is 2. The highest BCUT2D eigenvalue weighted by Gasteiger charge is 2.22. The van der Waals surface area contributed by atoms with Crippen LogP contribution in [0.25, 0.3) is 6.08 Å². The third-order valence-corrected chi connectivity index (χ3v) is 6.64. The van der Waals surface area contributed by atoms with E-state index in [0.717, 1.165) is 17.7 Å². The first-order valence-electron chi connectivity index (χ1n) is 10.2. The van der Waals surface area contributed by atoms with Crippen LogP contribution in [0, 0.1) is 28.4 Å². The van der Waals surface area contributed by atoms with Gasteiger partial charge in [0.15, 0.2) is 5.75 Å². The average Bonchev–Trinajstić information content (AvgIpc) is 2.84. The maximum atomic E-state index is 12.7. The number of hydrogen-bond acceptors (Lipinski definition) is 8. The highest BCUT2D eigenvalue weighted by molar-refractivity contribution is 7.87. The van der Waals surface area contributed by atoms with Gasteiger partial charge >= 0.3 is 10.1 Å². The molecule has 0 aliphatic carbocycles. The number of carbonyl (C=O) groups excluding carboxylic acids is 1. The summed E-state index contributed by atoms with van der Waals surface area (Å²) in [5, 5.41) is 22.6. The number of carbonyl (C=O) groups is 1. The van der Waals surface area contributed by atoms with Crippen molar-refractivity contribution in [3.63, 3.8) is 0 Å². The molecule has 0 spiro atoms. The Hall–Kier alpha value is -4.11. The van der Waals surface area contributed by atoms with Crippen molar-refractivity contribution in [2.75, 3.05) is 12.4 Å². The number of hydrogen-bond donors (Lipinski definition) is 1. The Morgan fingerprint density at radius 1 is 1.11 bits per heavy atom. The largest absolute Gasteiger partial charge is 0.495 e. The number of aryl methyl sites for hydroxylation is 1. The van der Waals surface area contributed by atoms with Crippen LogP contribution in [0.4, 0.5) is 11.4 Å². The maximum absolute atomic E-state index is 12.7. The summed E-state index contributed by atoms with van der Waals surface area (Å²) < 4.78 is 35.4. The fraction of sp³-hybridized carbons (Fsp3) is 0.0833. The van der Waals surface area contributed by atoms with E-state index in [4.69, 9.17) is 32.1 Å². The first kappa shape index (κ1) is 27.5. The molecule has 0 heterocycles. The predicted molar refractivity (Wildman–Crippen MR) is 137 cm³/mol. The second-order valence-corrected chi connectivity index (χ2v) is 9.79. The van der Waals surface area contributed by atoms with Crippen LogP contribution >= 0.6 is 23.2 Å². The Bertz CT molecular complexity index is 1540. The number of anilines is 1. The van der Waals surface area contributed by atoms with Crippen molar-refractivity contribution in [2.45, 2.75) is 11.8 Å². The molecule has 1 amide bonds. The zero-order valence-corrected chi connectivity index (χ0v) is 21.5. The number of nitrogens with zero attached hydrogens (tertiary/aromatic N) is 2. The standard InChI is InChI=1S/C24H17Cl2N3O7S/c1-14-3-6-18(7-4-14)37(33,34)36-23-19(25)10-15(11-20(23)26)9-16(13-27)24(30)28-21-12-17(29(31)32)5-8-22(21)35-2/h3-12H,1-2H3,(H,28,30)/b16-9+. The summed E-state index contributed by atoms with van der Waals surface area (Å²) in [5.74, 6) is -1.08. The van der Waals surface area contributed by atoms with Gasteiger partial charge in [0.1, 0.15) is 22.3 Å².